The molecule has 132 valence electrons. The van der Waals surface area contributed by atoms with Crippen LogP contribution in [0.15, 0.2) is 48.5 Å². The van der Waals surface area contributed by atoms with Crippen molar-refractivity contribution in [2.24, 2.45) is 0 Å². The number of hydrogen-bond donors (Lipinski definition) is 1. The molecule has 1 N–H and O–H groups in total. The van der Waals surface area contributed by atoms with Gasteiger partial charge in [-0.25, -0.2) is 9.37 Å². The Bertz CT molecular complexity index is 1080. The van der Waals surface area contributed by atoms with Crippen molar-refractivity contribution in [3.05, 3.63) is 54.3 Å². The summed E-state index contributed by atoms with van der Waals surface area (Å²) in [6.45, 7) is 0. The average molecular weight is 365 g/mol. The lowest BCUT2D eigenvalue weighted by molar-refractivity contribution is 0.462. The SMILES string of the molecule is Fc1ccccc1-c1nc2sc3ccccc3n2c1NC1CCCCC1. The molecule has 1 aliphatic carbocycles. The summed E-state index contributed by atoms with van der Waals surface area (Å²) in [6, 6.07) is 15.6. The predicted molar refractivity (Wildman–Crippen MR) is 106 cm³/mol. The van der Waals surface area contributed by atoms with E-state index in [2.05, 4.69) is 21.9 Å². The molecule has 1 aliphatic rings. The van der Waals surface area contributed by atoms with Crippen LogP contribution in [0.1, 0.15) is 32.1 Å². The van der Waals surface area contributed by atoms with Crippen LogP contribution in [0.5, 0.6) is 0 Å². The summed E-state index contributed by atoms with van der Waals surface area (Å²) in [6.07, 6.45) is 6.12. The van der Waals surface area contributed by atoms with Gasteiger partial charge in [-0.05, 0) is 37.1 Å². The number of thiazole rings is 1. The quantitative estimate of drug-likeness (QED) is 0.475. The van der Waals surface area contributed by atoms with Gasteiger partial charge >= 0.3 is 0 Å². The van der Waals surface area contributed by atoms with E-state index in [1.165, 1.54) is 30.0 Å². The van der Waals surface area contributed by atoms with E-state index in [0.717, 1.165) is 29.1 Å². The van der Waals surface area contributed by atoms with Crippen molar-refractivity contribution in [2.45, 2.75) is 38.1 Å². The highest BCUT2D eigenvalue weighted by molar-refractivity contribution is 7.23. The number of anilines is 1. The molecular weight excluding hydrogens is 345 g/mol. The maximum Gasteiger partial charge on any atom is 0.197 e. The molecule has 26 heavy (non-hydrogen) atoms. The Labute approximate surface area is 155 Å². The topological polar surface area (TPSA) is 29.3 Å². The van der Waals surface area contributed by atoms with Gasteiger partial charge in [-0.15, -0.1) is 0 Å². The number of rotatable bonds is 3. The summed E-state index contributed by atoms with van der Waals surface area (Å²) in [5.74, 6) is 0.698. The Morgan fingerprint density at radius 3 is 2.62 bits per heavy atom. The first-order chi connectivity index (χ1) is 12.8. The summed E-state index contributed by atoms with van der Waals surface area (Å²) in [5.41, 5.74) is 2.40. The van der Waals surface area contributed by atoms with E-state index in [4.69, 9.17) is 4.98 Å². The van der Waals surface area contributed by atoms with Crippen molar-refractivity contribution in [1.82, 2.24) is 9.38 Å². The Morgan fingerprint density at radius 2 is 1.77 bits per heavy atom. The van der Waals surface area contributed by atoms with Gasteiger partial charge in [0.15, 0.2) is 4.96 Å². The van der Waals surface area contributed by atoms with Crippen molar-refractivity contribution >= 4 is 32.3 Å². The van der Waals surface area contributed by atoms with Crippen LogP contribution in [0.4, 0.5) is 10.2 Å². The molecule has 0 bridgehead atoms. The maximum absolute atomic E-state index is 14.5. The fraction of sp³-hybridized carbons (Fsp3) is 0.286. The van der Waals surface area contributed by atoms with Crippen LogP contribution in [-0.2, 0) is 0 Å². The second-order valence-electron chi connectivity index (χ2n) is 6.96. The zero-order chi connectivity index (χ0) is 17.5. The first-order valence-corrected chi connectivity index (χ1v) is 10.0. The third kappa shape index (κ3) is 2.58. The lowest BCUT2D eigenvalue weighted by Gasteiger charge is -2.24. The van der Waals surface area contributed by atoms with Crippen LogP contribution in [0.3, 0.4) is 0 Å². The largest absolute Gasteiger partial charge is 0.367 e. The molecule has 0 amide bonds. The summed E-state index contributed by atoms with van der Waals surface area (Å²) < 4.78 is 17.9. The van der Waals surface area contributed by atoms with Gasteiger partial charge in [0.05, 0.1) is 10.2 Å². The zero-order valence-corrected chi connectivity index (χ0v) is 15.2. The number of hydrogen-bond acceptors (Lipinski definition) is 3. The molecule has 2 heterocycles. The Kier molecular flexibility index (Phi) is 3.89. The third-order valence-corrected chi connectivity index (χ3v) is 6.25. The van der Waals surface area contributed by atoms with Crippen molar-refractivity contribution in [3.63, 3.8) is 0 Å². The standard InChI is InChI=1S/C21H20FN3S/c22-16-11-5-4-10-15(16)19-20(23-14-8-2-1-3-9-14)25-17-12-6-7-13-18(17)26-21(25)24-19/h4-7,10-14,23H,1-3,8-9H2. The van der Waals surface area contributed by atoms with Gasteiger partial charge in [0, 0.05) is 11.6 Å². The van der Waals surface area contributed by atoms with E-state index in [1.54, 1.807) is 17.4 Å². The van der Waals surface area contributed by atoms with Gasteiger partial charge in [0.1, 0.15) is 17.3 Å². The van der Waals surface area contributed by atoms with Gasteiger partial charge in [0.2, 0.25) is 0 Å². The minimum atomic E-state index is -0.228. The lowest BCUT2D eigenvalue weighted by Crippen LogP contribution is -2.23. The predicted octanol–water partition coefficient (Wildman–Crippen LogP) is 6.10. The van der Waals surface area contributed by atoms with Crippen LogP contribution < -0.4 is 5.32 Å². The highest BCUT2D eigenvalue weighted by atomic mass is 32.1. The summed E-state index contributed by atoms with van der Waals surface area (Å²) in [7, 11) is 0. The summed E-state index contributed by atoms with van der Waals surface area (Å²) in [4.78, 5) is 5.73. The minimum Gasteiger partial charge on any atom is -0.367 e. The minimum absolute atomic E-state index is 0.228. The molecule has 5 heteroatoms. The van der Waals surface area contributed by atoms with Crippen molar-refractivity contribution in [1.29, 1.82) is 0 Å². The van der Waals surface area contributed by atoms with Crippen molar-refractivity contribution in [2.75, 3.05) is 5.32 Å². The number of benzene rings is 2. The number of halogens is 1. The maximum atomic E-state index is 14.5. The number of para-hydroxylation sites is 1. The molecule has 5 rings (SSSR count). The van der Waals surface area contributed by atoms with Crippen LogP contribution >= 0.6 is 11.3 Å². The summed E-state index contributed by atoms with van der Waals surface area (Å²) in [5, 5.41) is 3.72. The van der Waals surface area contributed by atoms with Crippen LogP contribution in [0.2, 0.25) is 0 Å². The number of nitrogens with one attached hydrogen (secondary N) is 1. The molecule has 2 aromatic carbocycles. The normalized spacial score (nSPS) is 15.7. The fourth-order valence-electron chi connectivity index (χ4n) is 3.93. The smallest absolute Gasteiger partial charge is 0.197 e. The van der Waals surface area contributed by atoms with Crippen LogP contribution in [-0.4, -0.2) is 15.4 Å². The van der Waals surface area contributed by atoms with Gasteiger partial charge in [0.25, 0.3) is 0 Å². The van der Waals surface area contributed by atoms with Gasteiger partial charge in [-0.3, -0.25) is 4.40 Å². The summed E-state index contributed by atoms with van der Waals surface area (Å²) >= 11 is 1.65. The lowest BCUT2D eigenvalue weighted by atomic mass is 9.95. The second-order valence-corrected chi connectivity index (χ2v) is 7.97. The Hall–Kier alpha value is -2.40. The van der Waals surface area contributed by atoms with Crippen LogP contribution in [0, 0.1) is 5.82 Å². The highest BCUT2D eigenvalue weighted by Crippen LogP contribution is 2.38. The van der Waals surface area contributed by atoms with E-state index >= 15 is 0 Å². The molecule has 1 saturated carbocycles. The molecule has 1 fully saturated rings. The molecule has 0 spiro atoms. The van der Waals surface area contributed by atoms with Crippen molar-refractivity contribution in [3.8, 4) is 11.3 Å². The Balaban J connectivity index is 1.73. The van der Waals surface area contributed by atoms with Gasteiger partial charge < -0.3 is 5.32 Å². The van der Waals surface area contributed by atoms with Crippen molar-refractivity contribution < 1.29 is 4.39 Å². The molecule has 0 aliphatic heterocycles. The number of nitrogens with zero attached hydrogens (tertiary/aromatic N) is 2. The molecule has 2 aromatic heterocycles. The monoisotopic (exact) mass is 365 g/mol. The first kappa shape index (κ1) is 15.8. The van der Waals surface area contributed by atoms with Crippen LogP contribution in [0.25, 0.3) is 26.4 Å². The van der Waals surface area contributed by atoms with E-state index in [0.29, 0.717) is 17.3 Å². The molecule has 0 radical (unpaired) electrons. The number of aromatic nitrogens is 2. The zero-order valence-electron chi connectivity index (χ0n) is 14.4. The van der Waals surface area contributed by atoms with E-state index < -0.39 is 0 Å². The molecule has 0 unspecified atom stereocenters. The third-order valence-electron chi connectivity index (χ3n) is 5.23. The first-order valence-electron chi connectivity index (χ1n) is 9.23. The average Bonchev–Trinajstić information content (AvgIpc) is 3.20. The Morgan fingerprint density at radius 1 is 1.00 bits per heavy atom. The fourth-order valence-corrected chi connectivity index (χ4v) is 4.96. The second kappa shape index (κ2) is 6.40. The van der Waals surface area contributed by atoms with Gasteiger partial charge in [-0.2, -0.15) is 0 Å². The number of imidazole rings is 1. The van der Waals surface area contributed by atoms with E-state index in [9.17, 15) is 4.39 Å². The molecular formula is C21H20FN3S. The molecule has 0 saturated heterocycles. The van der Waals surface area contributed by atoms with E-state index in [-0.39, 0.29) is 5.82 Å². The highest BCUT2D eigenvalue weighted by Gasteiger charge is 2.23. The van der Waals surface area contributed by atoms with E-state index in [1.807, 2.05) is 24.3 Å². The molecule has 0 atom stereocenters. The molecule has 4 aromatic rings. The molecule has 3 nitrogen and oxygen atoms in total. The van der Waals surface area contributed by atoms with Gasteiger partial charge in [-0.1, -0.05) is 54.9 Å². The number of fused-ring (bicyclic) bond motifs is 3.